The number of primary amides is 1. The fourth-order valence-corrected chi connectivity index (χ4v) is 4.69. The number of nitrogens with two attached hydrogens (primary N) is 1. The highest BCUT2D eigenvalue weighted by Crippen LogP contribution is 2.33. The number of hydrogen-bond acceptors (Lipinski definition) is 3. The molecule has 5 nitrogen and oxygen atoms in total. The van der Waals surface area contributed by atoms with Crippen LogP contribution in [0.25, 0.3) is 0 Å². The number of carbonyl (C=O) groups excluding carboxylic acids is 1. The molecule has 2 N–H and O–H groups in total. The zero-order valence-corrected chi connectivity index (χ0v) is 12.9. The standard InChI is InChI=1S/C12H14Cl2N2O3S/c13-8-4-3-6-10(11(8)14)20(18,19)16-7-2-1-5-9(16)12(15)17/h3-4,6,9H,1-2,5,7H2,(H2,15,17)/t9-/m1/s1. The Hall–Kier alpha value is -0.820. The summed E-state index contributed by atoms with van der Waals surface area (Å²) in [6.07, 6.45) is 1.87. The Morgan fingerprint density at radius 1 is 1.30 bits per heavy atom. The number of benzene rings is 1. The van der Waals surface area contributed by atoms with Crippen molar-refractivity contribution in [1.29, 1.82) is 0 Å². The highest BCUT2D eigenvalue weighted by molar-refractivity contribution is 7.89. The van der Waals surface area contributed by atoms with Gasteiger partial charge in [-0.25, -0.2) is 8.42 Å². The minimum absolute atomic E-state index is 0.0389. The van der Waals surface area contributed by atoms with E-state index in [0.29, 0.717) is 12.8 Å². The second-order valence-electron chi connectivity index (χ2n) is 4.58. The Morgan fingerprint density at radius 3 is 2.65 bits per heavy atom. The first-order valence-electron chi connectivity index (χ1n) is 6.11. The SMILES string of the molecule is NC(=O)[C@H]1CCCCN1S(=O)(=O)c1cccc(Cl)c1Cl. The number of sulfonamides is 1. The molecule has 1 saturated heterocycles. The quantitative estimate of drug-likeness (QED) is 0.916. The van der Waals surface area contributed by atoms with E-state index < -0.39 is 22.0 Å². The first kappa shape index (κ1) is 15.6. The minimum atomic E-state index is -3.89. The molecule has 0 aromatic heterocycles. The summed E-state index contributed by atoms with van der Waals surface area (Å²) < 4.78 is 26.4. The molecule has 0 bridgehead atoms. The molecule has 20 heavy (non-hydrogen) atoms. The zero-order valence-electron chi connectivity index (χ0n) is 10.6. The molecule has 110 valence electrons. The number of amides is 1. The summed E-state index contributed by atoms with van der Waals surface area (Å²) in [5, 5.41) is 0.114. The Labute approximate surface area is 127 Å². The van der Waals surface area contributed by atoms with Gasteiger partial charge >= 0.3 is 0 Å². The van der Waals surface area contributed by atoms with Gasteiger partial charge in [-0.3, -0.25) is 4.79 Å². The van der Waals surface area contributed by atoms with Gasteiger partial charge in [-0.05, 0) is 25.0 Å². The Kier molecular flexibility index (Phi) is 4.59. The van der Waals surface area contributed by atoms with Crippen LogP contribution in [0.2, 0.25) is 10.0 Å². The average molecular weight is 337 g/mol. The van der Waals surface area contributed by atoms with Crippen LogP contribution in [0.4, 0.5) is 0 Å². The van der Waals surface area contributed by atoms with Crippen molar-refractivity contribution >= 4 is 39.1 Å². The van der Waals surface area contributed by atoms with E-state index in [1.807, 2.05) is 0 Å². The maximum Gasteiger partial charge on any atom is 0.245 e. The van der Waals surface area contributed by atoms with Crippen LogP contribution in [-0.2, 0) is 14.8 Å². The lowest BCUT2D eigenvalue weighted by Gasteiger charge is -2.32. The number of nitrogens with zero attached hydrogens (tertiary/aromatic N) is 1. The Balaban J connectivity index is 2.48. The fourth-order valence-electron chi connectivity index (χ4n) is 2.29. The van der Waals surface area contributed by atoms with Crippen LogP contribution in [0.1, 0.15) is 19.3 Å². The van der Waals surface area contributed by atoms with Crippen LogP contribution in [-0.4, -0.2) is 31.2 Å². The van der Waals surface area contributed by atoms with Crippen LogP contribution in [0, 0.1) is 0 Å². The first-order chi connectivity index (χ1) is 9.35. The van der Waals surface area contributed by atoms with Crippen molar-refractivity contribution < 1.29 is 13.2 Å². The summed E-state index contributed by atoms with van der Waals surface area (Å²) >= 11 is 11.8. The van der Waals surface area contributed by atoms with Gasteiger partial charge in [0, 0.05) is 6.54 Å². The molecule has 1 atom stereocenters. The minimum Gasteiger partial charge on any atom is -0.368 e. The summed E-state index contributed by atoms with van der Waals surface area (Å²) in [6.45, 7) is 0.249. The summed E-state index contributed by atoms with van der Waals surface area (Å²) in [4.78, 5) is 11.4. The second kappa shape index (κ2) is 5.89. The maximum atomic E-state index is 12.7. The summed E-state index contributed by atoms with van der Waals surface area (Å²) in [7, 11) is -3.89. The van der Waals surface area contributed by atoms with Gasteiger partial charge in [0.15, 0.2) is 0 Å². The van der Waals surface area contributed by atoms with Crippen LogP contribution < -0.4 is 5.73 Å². The average Bonchev–Trinajstić information content (AvgIpc) is 2.41. The molecule has 1 fully saturated rings. The predicted molar refractivity (Wildman–Crippen MR) is 77.2 cm³/mol. The lowest BCUT2D eigenvalue weighted by atomic mass is 10.0. The van der Waals surface area contributed by atoms with Crippen molar-refractivity contribution in [2.45, 2.75) is 30.2 Å². The van der Waals surface area contributed by atoms with Gasteiger partial charge in [0.1, 0.15) is 10.9 Å². The second-order valence-corrected chi connectivity index (χ2v) is 7.23. The maximum absolute atomic E-state index is 12.7. The molecule has 1 amide bonds. The van der Waals surface area contributed by atoms with Crippen molar-refractivity contribution in [2.75, 3.05) is 6.54 Å². The number of carbonyl (C=O) groups is 1. The summed E-state index contributed by atoms with van der Waals surface area (Å²) in [6, 6.07) is 3.55. The molecule has 1 aromatic rings. The molecule has 1 heterocycles. The number of halogens is 2. The Bertz CT molecular complexity index is 634. The van der Waals surface area contributed by atoms with Gasteiger partial charge in [-0.15, -0.1) is 0 Å². The highest BCUT2D eigenvalue weighted by Gasteiger charge is 2.37. The van der Waals surface area contributed by atoms with E-state index in [2.05, 4.69) is 0 Å². The predicted octanol–water partition coefficient (Wildman–Crippen LogP) is 2.02. The van der Waals surface area contributed by atoms with Crippen molar-refractivity contribution in [1.82, 2.24) is 4.31 Å². The van der Waals surface area contributed by atoms with Gasteiger partial charge in [-0.1, -0.05) is 35.7 Å². The van der Waals surface area contributed by atoms with Crippen molar-refractivity contribution in [2.24, 2.45) is 5.73 Å². The monoisotopic (exact) mass is 336 g/mol. The molecule has 0 aliphatic carbocycles. The van der Waals surface area contributed by atoms with E-state index >= 15 is 0 Å². The third-order valence-electron chi connectivity index (χ3n) is 3.28. The van der Waals surface area contributed by atoms with Gasteiger partial charge in [-0.2, -0.15) is 4.31 Å². The van der Waals surface area contributed by atoms with E-state index in [4.69, 9.17) is 28.9 Å². The van der Waals surface area contributed by atoms with E-state index in [0.717, 1.165) is 10.7 Å². The molecule has 0 saturated carbocycles. The van der Waals surface area contributed by atoms with Crippen LogP contribution in [0.3, 0.4) is 0 Å². The summed E-state index contributed by atoms with van der Waals surface area (Å²) in [5.41, 5.74) is 5.30. The van der Waals surface area contributed by atoms with Crippen LogP contribution in [0.15, 0.2) is 23.1 Å². The van der Waals surface area contributed by atoms with Gasteiger partial charge < -0.3 is 5.73 Å². The van der Waals surface area contributed by atoms with Crippen LogP contribution >= 0.6 is 23.2 Å². The fraction of sp³-hybridized carbons (Fsp3) is 0.417. The third kappa shape index (κ3) is 2.79. The molecule has 0 radical (unpaired) electrons. The van der Waals surface area contributed by atoms with Crippen molar-refractivity contribution in [3.8, 4) is 0 Å². The molecule has 8 heteroatoms. The lowest BCUT2D eigenvalue weighted by Crippen LogP contribution is -2.50. The van der Waals surface area contributed by atoms with Gasteiger partial charge in [0.2, 0.25) is 15.9 Å². The van der Waals surface area contributed by atoms with Crippen molar-refractivity contribution in [3.63, 3.8) is 0 Å². The van der Waals surface area contributed by atoms with E-state index in [1.165, 1.54) is 18.2 Å². The summed E-state index contributed by atoms with van der Waals surface area (Å²) in [5.74, 6) is -0.647. The number of piperidine rings is 1. The van der Waals surface area contributed by atoms with Crippen molar-refractivity contribution in [3.05, 3.63) is 28.2 Å². The molecule has 0 unspecified atom stereocenters. The van der Waals surface area contributed by atoms with E-state index in [-0.39, 0.29) is 21.5 Å². The number of hydrogen-bond donors (Lipinski definition) is 1. The molecule has 0 spiro atoms. The van der Waals surface area contributed by atoms with Crippen LogP contribution in [0.5, 0.6) is 0 Å². The zero-order chi connectivity index (χ0) is 14.9. The topological polar surface area (TPSA) is 80.5 Å². The van der Waals surface area contributed by atoms with E-state index in [1.54, 1.807) is 0 Å². The molecule has 1 aromatic carbocycles. The molecule has 2 rings (SSSR count). The highest BCUT2D eigenvalue weighted by atomic mass is 35.5. The van der Waals surface area contributed by atoms with E-state index in [9.17, 15) is 13.2 Å². The first-order valence-corrected chi connectivity index (χ1v) is 8.30. The van der Waals surface area contributed by atoms with Gasteiger partial charge in [0.05, 0.1) is 10.0 Å². The molecular weight excluding hydrogens is 323 g/mol. The smallest absolute Gasteiger partial charge is 0.245 e. The van der Waals surface area contributed by atoms with Gasteiger partial charge in [0.25, 0.3) is 0 Å². The normalized spacial score (nSPS) is 20.8. The molecule has 1 aliphatic heterocycles. The molecule has 1 aliphatic rings. The molecular formula is C12H14Cl2N2O3S. The Morgan fingerprint density at radius 2 is 2.00 bits per heavy atom. The lowest BCUT2D eigenvalue weighted by molar-refractivity contribution is -0.122. The third-order valence-corrected chi connectivity index (χ3v) is 6.17. The number of rotatable bonds is 3. The largest absolute Gasteiger partial charge is 0.368 e.